The van der Waals surface area contributed by atoms with E-state index in [1.54, 1.807) is 0 Å². The van der Waals surface area contributed by atoms with Crippen LogP contribution in [0.5, 0.6) is 0 Å². The lowest BCUT2D eigenvalue weighted by atomic mass is 9.94. The molecule has 0 amide bonds. The smallest absolute Gasteiger partial charge is 0.0692 e. The van der Waals surface area contributed by atoms with E-state index in [-0.39, 0.29) is 6.10 Å². The standard InChI is InChI=1S/C10H21NO/c1-11-8-10(12)9-6-4-2-3-5-7-9/h9-12H,2-8H2,1H3. The van der Waals surface area contributed by atoms with Crippen LogP contribution in [-0.2, 0) is 0 Å². The Bertz CT molecular complexity index is 108. The molecule has 0 aromatic heterocycles. The van der Waals surface area contributed by atoms with Crippen molar-refractivity contribution in [1.82, 2.24) is 5.32 Å². The summed E-state index contributed by atoms with van der Waals surface area (Å²) in [5.74, 6) is 0.556. The second-order valence-electron chi connectivity index (χ2n) is 3.88. The molecule has 2 N–H and O–H groups in total. The maximum Gasteiger partial charge on any atom is 0.0692 e. The van der Waals surface area contributed by atoms with Gasteiger partial charge in [0.15, 0.2) is 0 Å². The first-order chi connectivity index (χ1) is 5.84. The van der Waals surface area contributed by atoms with Gasteiger partial charge in [0.25, 0.3) is 0 Å². The van der Waals surface area contributed by atoms with E-state index in [1.165, 1.54) is 38.5 Å². The molecule has 2 nitrogen and oxygen atoms in total. The summed E-state index contributed by atoms with van der Waals surface area (Å²) in [6.45, 7) is 0.755. The maximum atomic E-state index is 9.74. The minimum Gasteiger partial charge on any atom is -0.392 e. The minimum atomic E-state index is -0.118. The van der Waals surface area contributed by atoms with Crippen LogP contribution in [0, 0.1) is 5.92 Å². The highest BCUT2D eigenvalue weighted by Crippen LogP contribution is 2.25. The van der Waals surface area contributed by atoms with E-state index in [0.29, 0.717) is 5.92 Å². The average Bonchev–Trinajstić information content (AvgIpc) is 2.32. The van der Waals surface area contributed by atoms with E-state index in [4.69, 9.17) is 0 Å². The Balaban J connectivity index is 2.27. The van der Waals surface area contributed by atoms with Gasteiger partial charge in [-0.15, -0.1) is 0 Å². The van der Waals surface area contributed by atoms with Crippen LogP contribution in [0.2, 0.25) is 0 Å². The van der Waals surface area contributed by atoms with Gasteiger partial charge in [-0.05, 0) is 25.8 Å². The van der Waals surface area contributed by atoms with E-state index < -0.39 is 0 Å². The fourth-order valence-electron chi connectivity index (χ4n) is 2.07. The summed E-state index contributed by atoms with van der Waals surface area (Å²) in [7, 11) is 1.90. The largest absolute Gasteiger partial charge is 0.392 e. The molecule has 0 heterocycles. The maximum absolute atomic E-state index is 9.74. The van der Waals surface area contributed by atoms with Gasteiger partial charge in [-0.25, -0.2) is 0 Å². The van der Waals surface area contributed by atoms with Gasteiger partial charge >= 0.3 is 0 Å². The van der Waals surface area contributed by atoms with E-state index in [2.05, 4.69) is 5.32 Å². The second kappa shape index (κ2) is 5.55. The van der Waals surface area contributed by atoms with Crippen LogP contribution in [0.1, 0.15) is 38.5 Å². The first-order valence-electron chi connectivity index (χ1n) is 5.17. The molecule has 0 saturated heterocycles. The van der Waals surface area contributed by atoms with E-state index in [9.17, 15) is 5.11 Å². The van der Waals surface area contributed by atoms with Crippen LogP contribution < -0.4 is 5.32 Å². The summed E-state index contributed by atoms with van der Waals surface area (Å²) in [4.78, 5) is 0. The number of hydrogen-bond acceptors (Lipinski definition) is 2. The molecular formula is C10H21NO. The van der Waals surface area contributed by atoms with E-state index in [0.717, 1.165) is 6.54 Å². The van der Waals surface area contributed by atoms with Crippen molar-refractivity contribution < 1.29 is 5.11 Å². The minimum absolute atomic E-state index is 0.118. The number of hydrogen-bond donors (Lipinski definition) is 2. The third kappa shape index (κ3) is 3.11. The summed E-state index contributed by atoms with van der Waals surface area (Å²) in [5, 5.41) is 12.8. The Hall–Kier alpha value is -0.0800. The van der Waals surface area contributed by atoms with Crippen molar-refractivity contribution in [2.24, 2.45) is 5.92 Å². The summed E-state index contributed by atoms with van der Waals surface area (Å²) < 4.78 is 0. The fourth-order valence-corrected chi connectivity index (χ4v) is 2.07. The molecule has 0 aromatic carbocycles. The molecular weight excluding hydrogens is 150 g/mol. The fraction of sp³-hybridized carbons (Fsp3) is 1.00. The molecule has 1 atom stereocenters. The third-order valence-corrected chi connectivity index (χ3v) is 2.86. The Labute approximate surface area is 75.4 Å². The predicted octanol–water partition coefficient (Wildman–Crippen LogP) is 1.54. The molecule has 0 bridgehead atoms. The van der Waals surface area contributed by atoms with Gasteiger partial charge in [-0.3, -0.25) is 0 Å². The van der Waals surface area contributed by atoms with Crippen molar-refractivity contribution in [1.29, 1.82) is 0 Å². The Morgan fingerprint density at radius 2 is 1.83 bits per heavy atom. The van der Waals surface area contributed by atoms with Crippen molar-refractivity contribution in [3.05, 3.63) is 0 Å². The Morgan fingerprint density at radius 3 is 2.33 bits per heavy atom. The number of rotatable bonds is 3. The molecule has 1 unspecified atom stereocenters. The first-order valence-corrected chi connectivity index (χ1v) is 5.17. The van der Waals surface area contributed by atoms with Crippen molar-refractivity contribution in [3.8, 4) is 0 Å². The van der Waals surface area contributed by atoms with Gasteiger partial charge in [0, 0.05) is 6.54 Å². The number of nitrogens with one attached hydrogen (secondary N) is 1. The molecule has 0 radical (unpaired) electrons. The molecule has 1 aliphatic carbocycles. The molecule has 0 spiro atoms. The SMILES string of the molecule is CNCC(O)C1CCCCCC1. The summed E-state index contributed by atoms with van der Waals surface area (Å²) in [6, 6.07) is 0. The van der Waals surface area contributed by atoms with Gasteiger partial charge in [-0.1, -0.05) is 25.7 Å². The summed E-state index contributed by atoms with van der Waals surface area (Å²) in [6.07, 6.45) is 7.68. The van der Waals surface area contributed by atoms with Crippen LogP contribution >= 0.6 is 0 Å². The topological polar surface area (TPSA) is 32.3 Å². The molecule has 72 valence electrons. The highest BCUT2D eigenvalue weighted by Gasteiger charge is 2.19. The van der Waals surface area contributed by atoms with Gasteiger partial charge in [0.1, 0.15) is 0 Å². The van der Waals surface area contributed by atoms with Crippen LogP contribution in [0.15, 0.2) is 0 Å². The van der Waals surface area contributed by atoms with Gasteiger partial charge in [0.2, 0.25) is 0 Å². The zero-order valence-corrected chi connectivity index (χ0v) is 8.05. The van der Waals surface area contributed by atoms with E-state index >= 15 is 0 Å². The van der Waals surface area contributed by atoms with Crippen LogP contribution in [0.4, 0.5) is 0 Å². The molecule has 1 rings (SSSR count). The van der Waals surface area contributed by atoms with Crippen LogP contribution in [0.3, 0.4) is 0 Å². The number of aliphatic hydroxyl groups is 1. The molecule has 0 aromatic rings. The summed E-state index contributed by atoms with van der Waals surface area (Å²) >= 11 is 0. The monoisotopic (exact) mass is 171 g/mol. The quantitative estimate of drug-likeness (QED) is 0.631. The second-order valence-corrected chi connectivity index (χ2v) is 3.88. The summed E-state index contributed by atoms with van der Waals surface area (Å²) in [5.41, 5.74) is 0. The predicted molar refractivity (Wildman–Crippen MR) is 51.1 cm³/mol. The molecule has 12 heavy (non-hydrogen) atoms. The molecule has 2 heteroatoms. The molecule has 1 fully saturated rings. The average molecular weight is 171 g/mol. The van der Waals surface area contributed by atoms with Crippen LogP contribution in [0.25, 0.3) is 0 Å². The molecule has 1 saturated carbocycles. The lowest BCUT2D eigenvalue weighted by Gasteiger charge is -2.20. The normalized spacial score (nSPS) is 23.5. The number of aliphatic hydroxyl groups excluding tert-OH is 1. The van der Waals surface area contributed by atoms with Crippen molar-refractivity contribution in [3.63, 3.8) is 0 Å². The van der Waals surface area contributed by atoms with Crippen LogP contribution in [-0.4, -0.2) is 24.8 Å². The highest BCUT2D eigenvalue weighted by molar-refractivity contribution is 4.73. The first kappa shape index (κ1) is 10.0. The molecule has 1 aliphatic rings. The van der Waals surface area contributed by atoms with Gasteiger partial charge < -0.3 is 10.4 Å². The Morgan fingerprint density at radius 1 is 1.25 bits per heavy atom. The lowest BCUT2D eigenvalue weighted by Crippen LogP contribution is -2.30. The highest BCUT2D eigenvalue weighted by atomic mass is 16.3. The Kier molecular flexibility index (Phi) is 4.62. The van der Waals surface area contributed by atoms with Gasteiger partial charge in [0.05, 0.1) is 6.10 Å². The number of likely N-dealkylation sites (N-methyl/N-ethyl adjacent to an activating group) is 1. The van der Waals surface area contributed by atoms with Crippen molar-refractivity contribution >= 4 is 0 Å². The van der Waals surface area contributed by atoms with E-state index in [1.807, 2.05) is 7.05 Å². The van der Waals surface area contributed by atoms with Crippen molar-refractivity contribution in [2.75, 3.05) is 13.6 Å². The lowest BCUT2D eigenvalue weighted by molar-refractivity contribution is 0.0993. The third-order valence-electron chi connectivity index (χ3n) is 2.86. The zero-order chi connectivity index (χ0) is 8.81. The molecule has 0 aliphatic heterocycles. The van der Waals surface area contributed by atoms with Crippen molar-refractivity contribution in [2.45, 2.75) is 44.6 Å². The zero-order valence-electron chi connectivity index (χ0n) is 8.05. The van der Waals surface area contributed by atoms with Gasteiger partial charge in [-0.2, -0.15) is 0 Å².